The van der Waals surface area contributed by atoms with Gasteiger partial charge < -0.3 is 15.4 Å². The predicted molar refractivity (Wildman–Crippen MR) is 90.5 cm³/mol. The molecule has 26 heavy (non-hydrogen) atoms. The van der Waals surface area contributed by atoms with Crippen LogP contribution in [0.5, 0.6) is 0 Å². The van der Waals surface area contributed by atoms with Crippen LogP contribution in [0.2, 0.25) is 5.02 Å². The number of rotatable bonds is 2. The molecule has 3 rings (SSSR count). The molecule has 0 aliphatic heterocycles. The number of carbonyl (C=O) groups is 1. The number of benzene rings is 2. The van der Waals surface area contributed by atoms with Gasteiger partial charge in [0, 0.05) is 11.8 Å². The highest BCUT2D eigenvalue weighted by Crippen LogP contribution is 2.30. The highest BCUT2D eigenvalue weighted by atomic mass is 35.5. The summed E-state index contributed by atoms with van der Waals surface area (Å²) in [6.45, 7) is 1.22. The second-order valence-electron chi connectivity index (χ2n) is 5.57. The number of nitrogens with zero attached hydrogens (tertiary/aromatic N) is 1. The molecule has 0 aliphatic rings. The zero-order valence-electron chi connectivity index (χ0n) is 13.1. The molecule has 134 valence electrons. The van der Waals surface area contributed by atoms with Crippen molar-refractivity contribution in [1.82, 2.24) is 4.57 Å². The lowest BCUT2D eigenvalue weighted by Crippen LogP contribution is -2.20. The Kier molecular flexibility index (Phi) is 4.15. The number of nitrogens with two attached hydrogens (primary N) is 1. The highest BCUT2D eigenvalue weighted by molar-refractivity contribution is 6.32. The van der Waals surface area contributed by atoms with Crippen LogP contribution >= 0.6 is 11.6 Å². The Balaban J connectivity index is 2.59. The molecule has 0 saturated heterocycles. The van der Waals surface area contributed by atoms with Crippen LogP contribution in [-0.4, -0.2) is 15.6 Å². The quantitative estimate of drug-likeness (QED) is 0.662. The van der Waals surface area contributed by atoms with Crippen molar-refractivity contribution < 1.29 is 23.1 Å². The molecule has 0 radical (unpaired) electrons. The molecule has 0 saturated carbocycles. The summed E-state index contributed by atoms with van der Waals surface area (Å²) in [4.78, 5) is 23.8. The SMILES string of the molecule is Cc1c(F)c(F)cc2c(=O)c(C(=O)O)cn(-c3cc(N)c(F)cc3Cl)c12. The van der Waals surface area contributed by atoms with E-state index in [-0.39, 0.29) is 32.9 Å². The molecule has 0 amide bonds. The fourth-order valence-electron chi connectivity index (χ4n) is 2.71. The van der Waals surface area contributed by atoms with E-state index in [4.69, 9.17) is 17.3 Å². The number of anilines is 1. The highest BCUT2D eigenvalue weighted by Gasteiger charge is 2.22. The topological polar surface area (TPSA) is 85.3 Å². The van der Waals surface area contributed by atoms with Gasteiger partial charge in [0.05, 0.1) is 27.3 Å². The molecular weight excluding hydrogens is 373 g/mol. The largest absolute Gasteiger partial charge is 0.477 e. The number of fused-ring (bicyclic) bond motifs is 1. The number of aromatic carboxylic acids is 1. The summed E-state index contributed by atoms with van der Waals surface area (Å²) in [7, 11) is 0. The summed E-state index contributed by atoms with van der Waals surface area (Å²) in [6.07, 6.45) is 0.913. The van der Waals surface area contributed by atoms with Crippen LogP contribution in [0.4, 0.5) is 18.9 Å². The average Bonchev–Trinajstić information content (AvgIpc) is 2.57. The molecule has 3 aromatic rings. The minimum absolute atomic E-state index is 0.00664. The van der Waals surface area contributed by atoms with Crippen molar-refractivity contribution in [2.45, 2.75) is 6.92 Å². The average molecular weight is 383 g/mol. The Hall–Kier alpha value is -3.00. The van der Waals surface area contributed by atoms with Crippen molar-refractivity contribution in [1.29, 1.82) is 0 Å². The van der Waals surface area contributed by atoms with Gasteiger partial charge in [-0.05, 0) is 25.1 Å². The normalized spacial score (nSPS) is 11.1. The second-order valence-corrected chi connectivity index (χ2v) is 5.97. The Bertz CT molecular complexity index is 1160. The standard InChI is InChI=1S/C17H10ClF3N2O3/c1-6-14(21)11(20)2-7-15(6)23(5-8(16(7)24)17(25)26)13-4-12(22)10(19)3-9(13)18/h2-5H,22H2,1H3,(H,25,26). The van der Waals surface area contributed by atoms with Gasteiger partial charge in [0.25, 0.3) is 0 Å². The number of nitrogen functional groups attached to an aromatic ring is 1. The third-order valence-electron chi connectivity index (χ3n) is 3.96. The van der Waals surface area contributed by atoms with Gasteiger partial charge in [-0.3, -0.25) is 4.79 Å². The van der Waals surface area contributed by atoms with E-state index in [1.165, 1.54) is 6.92 Å². The second kappa shape index (κ2) is 6.06. The Labute approximate surface area is 149 Å². The van der Waals surface area contributed by atoms with Gasteiger partial charge in [-0.2, -0.15) is 0 Å². The van der Waals surface area contributed by atoms with Crippen molar-refractivity contribution >= 4 is 34.2 Å². The van der Waals surface area contributed by atoms with Gasteiger partial charge in [-0.15, -0.1) is 0 Å². The lowest BCUT2D eigenvalue weighted by molar-refractivity contribution is 0.0695. The predicted octanol–water partition coefficient (Wildman–Crippen LogP) is 3.65. The summed E-state index contributed by atoms with van der Waals surface area (Å²) in [5.41, 5.74) is 3.21. The number of carboxylic acids is 1. The number of aromatic nitrogens is 1. The van der Waals surface area contributed by atoms with Crippen LogP contribution < -0.4 is 11.2 Å². The van der Waals surface area contributed by atoms with Crippen LogP contribution in [0.1, 0.15) is 15.9 Å². The molecule has 3 N–H and O–H groups in total. The molecule has 0 spiro atoms. The van der Waals surface area contributed by atoms with Gasteiger partial charge in [-0.25, -0.2) is 18.0 Å². The van der Waals surface area contributed by atoms with E-state index in [1.807, 2.05) is 0 Å². The third-order valence-corrected chi connectivity index (χ3v) is 4.27. The van der Waals surface area contributed by atoms with Crippen molar-refractivity contribution in [3.8, 4) is 5.69 Å². The minimum atomic E-state index is -1.57. The Morgan fingerprint density at radius 2 is 1.85 bits per heavy atom. The van der Waals surface area contributed by atoms with Crippen molar-refractivity contribution in [2.75, 3.05) is 5.73 Å². The molecule has 0 bridgehead atoms. The van der Waals surface area contributed by atoms with Crippen LogP contribution in [-0.2, 0) is 0 Å². The molecule has 1 heterocycles. The van der Waals surface area contributed by atoms with Crippen molar-refractivity contribution in [3.05, 3.63) is 68.2 Å². The van der Waals surface area contributed by atoms with Crippen LogP contribution in [0.3, 0.4) is 0 Å². The van der Waals surface area contributed by atoms with E-state index in [9.17, 15) is 27.9 Å². The third kappa shape index (κ3) is 2.59. The molecule has 2 aromatic carbocycles. The molecule has 9 heteroatoms. The minimum Gasteiger partial charge on any atom is -0.477 e. The zero-order valence-corrected chi connectivity index (χ0v) is 13.9. The van der Waals surface area contributed by atoms with Crippen LogP contribution in [0.15, 0.2) is 29.2 Å². The summed E-state index contributed by atoms with van der Waals surface area (Å²) >= 11 is 6.02. The van der Waals surface area contributed by atoms with Gasteiger partial charge in [0.2, 0.25) is 5.43 Å². The first-order valence-electron chi connectivity index (χ1n) is 7.15. The number of aryl methyl sites for hydroxylation is 1. The number of carboxylic acid groups (broad SMARTS) is 1. The molecule has 0 unspecified atom stereocenters. The van der Waals surface area contributed by atoms with E-state index in [2.05, 4.69) is 0 Å². The zero-order chi connectivity index (χ0) is 19.3. The van der Waals surface area contributed by atoms with Gasteiger partial charge >= 0.3 is 5.97 Å². The Morgan fingerprint density at radius 1 is 1.19 bits per heavy atom. The van der Waals surface area contributed by atoms with Crippen LogP contribution in [0, 0.1) is 24.4 Å². The maximum Gasteiger partial charge on any atom is 0.341 e. The van der Waals surface area contributed by atoms with Gasteiger partial charge in [0.15, 0.2) is 11.6 Å². The van der Waals surface area contributed by atoms with E-state index in [1.54, 1.807) is 0 Å². The van der Waals surface area contributed by atoms with Crippen LogP contribution in [0.25, 0.3) is 16.6 Å². The molecular formula is C17H10ClF3N2O3. The van der Waals surface area contributed by atoms with Crippen molar-refractivity contribution in [3.63, 3.8) is 0 Å². The lowest BCUT2D eigenvalue weighted by Gasteiger charge is -2.17. The van der Waals surface area contributed by atoms with Gasteiger partial charge in [0.1, 0.15) is 11.4 Å². The maximum absolute atomic E-state index is 14.1. The number of pyridine rings is 1. The molecule has 0 fully saturated rings. The van der Waals surface area contributed by atoms with Crippen molar-refractivity contribution in [2.24, 2.45) is 0 Å². The molecule has 1 aromatic heterocycles. The first kappa shape index (κ1) is 17.8. The van der Waals surface area contributed by atoms with E-state index in [0.29, 0.717) is 6.07 Å². The number of hydrogen-bond donors (Lipinski definition) is 2. The first-order valence-corrected chi connectivity index (χ1v) is 7.53. The summed E-state index contributed by atoms with van der Waals surface area (Å²) in [6, 6.07) is 2.61. The summed E-state index contributed by atoms with van der Waals surface area (Å²) < 4.78 is 42.5. The maximum atomic E-state index is 14.1. The molecule has 0 atom stereocenters. The summed E-state index contributed by atoms with van der Waals surface area (Å²) in [5, 5.41) is 8.73. The van der Waals surface area contributed by atoms with Gasteiger partial charge in [-0.1, -0.05) is 11.6 Å². The molecule has 5 nitrogen and oxygen atoms in total. The fourth-order valence-corrected chi connectivity index (χ4v) is 2.95. The monoisotopic (exact) mass is 382 g/mol. The van der Waals surface area contributed by atoms with E-state index < -0.39 is 34.4 Å². The Morgan fingerprint density at radius 3 is 2.46 bits per heavy atom. The molecule has 0 aliphatic carbocycles. The first-order chi connectivity index (χ1) is 12.1. The van der Waals surface area contributed by atoms with E-state index in [0.717, 1.165) is 22.9 Å². The van der Waals surface area contributed by atoms with E-state index >= 15 is 0 Å². The fraction of sp³-hybridized carbons (Fsp3) is 0.0588. The smallest absolute Gasteiger partial charge is 0.341 e. The lowest BCUT2D eigenvalue weighted by atomic mass is 10.1. The number of hydrogen-bond acceptors (Lipinski definition) is 3. The number of halogens is 4. The summed E-state index contributed by atoms with van der Waals surface area (Å²) in [5.74, 6) is -4.89.